The number of benzene rings is 2. The number of halogens is 2. The zero-order chi connectivity index (χ0) is 13.8. The molecule has 0 spiro atoms. The van der Waals surface area contributed by atoms with Crippen LogP contribution < -0.4 is 10.5 Å². The van der Waals surface area contributed by atoms with Gasteiger partial charge in [-0.15, -0.1) is 0 Å². The molecule has 2 rings (SSSR count). The van der Waals surface area contributed by atoms with E-state index in [1.54, 1.807) is 30.3 Å². The van der Waals surface area contributed by atoms with Gasteiger partial charge in [-0.1, -0.05) is 17.7 Å². The Morgan fingerprint density at radius 3 is 2.47 bits per heavy atom. The summed E-state index contributed by atoms with van der Waals surface area (Å²) in [6.07, 6.45) is 0.637. The van der Waals surface area contributed by atoms with Gasteiger partial charge in [0, 0.05) is 11.1 Å². The molecule has 2 N–H and O–H groups in total. The second-order valence-corrected chi connectivity index (χ2v) is 4.94. The van der Waals surface area contributed by atoms with Crippen molar-refractivity contribution in [1.82, 2.24) is 0 Å². The Labute approximate surface area is 117 Å². The minimum Gasteiger partial charge on any atom is -0.454 e. The smallest absolute Gasteiger partial charge is 0.165 e. The second kappa shape index (κ2) is 6.04. The minimum atomic E-state index is -0.395. The molecule has 19 heavy (non-hydrogen) atoms. The Balaban J connectivity index is 2.15. The number of hydrogen-bond donors (Lipinski definition) is 1. The van der Waals surface area contributed by atoms with Crippen LogP contribution in [-0.2, 0) is 6.42 Å². The van der Waals surface area contributed by atoms with Crippen molar-refractivity contribution < 1.29 is 9.13 Å². The van der Waals surface area contributed by atoms with Crippen molar-refractivity contribution in [1.29, 1.82) is 0 Å². The Hall–Kier alpha value is -1.58. The van der Waals surface area contributed by atoms with E-state index < -0.39 is 5.82 Å². The molecule has 1 atom stereocenters. The maximum absolute atomic E-state index is 13.9. The summed E-state index contributed by atoms with van der Waals surface area (Å²) >= 11 is 5.77. The molecule has 0 heterocycles. The van der Waals surface area contributed by atoms with Crippen molar-refractivity contribution in [3.63, 3.8) is 0 Å². The molecule has 0 fully saturated rings. The van der Waals surface area contributed by atoms with Crippen molar-refractivity contribution in [2.24, 2.45) is 5.73 Å². The number of nitrogens with two attached hydrogens (primary N) is 1. The highest BCUT2D eigenvalue weighted by molar-refractivity contribution is 6.30. The zero-order valence-corrected chi connectivity index (χ0v) is 11.3. The first-order chi connectivity index (χ1) is 9.04. The summed E-state index contributed by atoms with van der Waals surface area (Å²) in [6.45, 7) is 1.88. The fourth-order valence-electron chi connectivity index (χ4n) is 1.76. The summed E-state index contributed by atoms with van der Waals surface area (Å²) < 4.78 is 19.3. The summed E-state index contributed by atoms with van der Waals surface area (Å²) in [7, 11) is 0. The van der Waals surface area contributed by atoms with E-state index in [9.17, 15) is 4.39 Å². The highest BCUT2D eigenvalue weighted by atomic mass is 35.5. The molecular formula is C15H15ClFNO. The van der Waals surface area contributed by atoms with Gasteiger partial charge in [0.1, 0.15) is 5.75 Å². The molecule has 4 heteroatoms. The Morgan fingerprint density at radius 2 is 1.89 bits per heavy atom. The average Bonchev–Trinajstić information content (AvgIpc) is 2.34. The molecule has 0 aromatic heterocycles. The van der Waals surface area contributed by atoms with Crippen LogP contribution >= 0.6 is 11.6 Å². The Morgan fingerprint density at radius 1 is 1.21 bits per heavy atom. The molecule has 0 aliphatic rings. The second-order valence-electron chi connectivity index (χ2n) is 4.50. The van der Waals surface area contributed by atoms with Gasteiger partial charge >= 0.3 is 0 Å². The van der Waals surface area contributed by atoms with E-state index in [0.29, 0.717) is 17.2 Å². The third-order valence-corrected chi connectivity index (χ3v) is 2.85. The van der Waals surface area contributed by atoms with Crippen LogP contribution in [0.4, 0.5) is 4.39 Å². The first kappa shape index (κ1) is 13.8. The quantitative estimate of drug-likeness (QED) is 0.912. The normalized spacial score (nSPS) is 12.2. The molecule has 0 saturated heterocycles. The summed E-state index contributed by atoms with van der Waals surface area (Å²) in [6, 6.07) is 11.7. The lowest BCUT2D eigenvalue weighted by Gasteiger charge is -2.09. The molecule has 2 aromatic carbocycles. The minimum absolute atomic E-state index is 0.00225. The third kappa shape index (κ3) is 3.94. The molecule has 0 saturated carbocycles. The highest BCUT2D eigenvalue weighted by Gasteiger charge is 2.07. The summed E-state index contributed by atoms with van der Waals surface area (Å²) in [4.78, 5) is 0. The summed E-state index contributed by atoms with van der Waals surface area (Å²) in [5, 5.41) is 0.611. The van der Waals surface area contributed by atoms with Crippen LogP contribution in [0, 0.1) is 5.82 Å². The maximum atomic E-state index is 13.9. The van der Waals surface area contributed by atoms with Gasteiger partial charge in [0.25, 0.3) is 0 Å². The van der Waals surface area contributed by atoms with Gasteiger partial charge in [0.15, 0.2) is 11.6 Å². The highest BCUT2D eigenvalue weighted by Crippen LogP contribution is 2.26. The van der Waals surface area contributed by atoms with Crippen molar-refractivity contribution in [3.8, 4) is 11.5 Å². The lowest BCUT2D eigenvalue weighted by Crippen LogP contribution is -2.17. The average molecular weight is 280 g/mol. The van der Waals surface area contributed by atoms with Crippen LogP contribution in [0.15, 0.2) is 42.5 Å². The molecule has 0 bridgehead atoms. The fourth-order valence-corrected chi connectivity index (χ4v) is 1.88. The predicted octanol–water partition coefficient (Wildman–Crippen LogP) is 4.16. The van der Waals surface area contributed by atoms with Crippen LogP contribution in [0.3, 0.4) is 0 Å². The van der Waals surface area contributed by atoms with Gasteiger partial charge < -0.3 is 10.5 Å². The SMILES string of the molecule is CC(N)Cc1ccc(Oc2ccc(Cl)cc2)c(F)c1. The molecule has 0 amide bonds. The van der Waals surface area contributed by atoms with E-state index in [4.69, 9.17) is 22.1 Å². The van der Waals surface area contributed by atoms with E-state index in [2.05, 4.69) is 0 Å². The number of rotatable bonds is 4. The van der Waals surface area contributed by atoms with Crippen LogP contribution in [0.5, 0.6) is 11.5 Å². The van der Waals surface area contributed by atoms with E-state index in [1.807, 2.05) is 13.0 Å². The monoisotopic (exact) mass is 279 g/mol. The van der Waals surface area contributed by atoms with Gasteiger partial charge in [-0.05, 0) is 55.3 Å². The van der Waals surface area contributed by atoms with Crippen LogP contribution in [0.1, 0.15) is 12.5 Å². The summed E-state index contributed by atoms with van der Waals surface area (Å²) in [5.74, 6) is 0.340. The zero-order valence-electron chi connectivity index (χ0n) is 10.6. The van der Waals surface area contributed by atoms with E-state index in [-0.39, 0.29) is 11.8 Å². The van der Waals surface area contributed by atoms with Gasteiger partial charge in [-0.25, -0.2) is 4.39 Å². The first-order valence-corrected chi connectivity index (χ1v) is 6.40. The standard InChI is InChI=1S/C15H15ClFNO/c1-10(18)8-11-2-7-15(14(17)9-11)19-13-5-3-12(16)4-6-13/h2-7,9-10H,8,18H2,1H3. The lowest BCUT2D eigenvalue weighted by molar-refractivity contribution is 0.441. The van der Waals surface area contributed by atoms with E-state index >= 15 is 0 Å². The topological polar surface area (TPSA) is 35.2 Å². The fraction of sp³-hybridized carbons (Fsp3) is 0.200. The number of ether oxygens (including phenoxy) is 1. The molecule has 0 aliphatic heterocycles. The molecule has 0 aliphatic carbocycles. The van der Waals surface area contributed by atoms with Crippen LogP contribution in [0.2, 0.25) is 5.02 Å². The molecule has 0 radical (unpaired) electrons. The van der Waals surface area contributed by atoms with Gasteiger partial charge in [-0.2, -0.15) is 0 Å². The Bertz CT molecular complexity index is 555. The Kier molecular flexibility index (Phi) is 4.40. The largest absolute Gasteiger partial charge is 0.454 e. The lowest BCUT2D eigenvalue weighted by atomic mass is 10.1. The van der Waals surface area contributed by atoms with Crippen LogP contribution in [0.25, 0.3) is 0 Å². The van der Waals surface area contributed by atoms with Crippen molar-refractivity contribution in [3.05, 3.63) is 58.9 Å². The first-order valence-electron chi connectivity index (χ1n) is 6.02. The molecular weight excluding hydrogens is 265 g/mol. The van der Waals surface area contributed by atoms with Crippen molar-refractivity contribution in [2.45, 2.75) is 19.4 Å². The van der Waals surface area contributed by atoms with Crippen LogP contribution in [-0.4, -0.2) is 6.04 Å². The molecule has 1 unspecified atom stereocenters. The van der Waals surface area contributed by atoms with Gasteiger partial charge in [0.2, 0.25) is 0 Å². The van der Waals surface area contributed by atoms with Gasteiger partial charge in [0.05, 0.1) is 0 Å². The maximum Gasteiger partial charge on any atom is 0.165 e. The molecule has 100 valence electrons. The summed E-state index contributed by atoms with van der Waals surface area (Å²) in [5.41, 5.74) is 6.54. The van der Waals surface area contributed by atoms with Crippen molar-refractivity contribution in [2.75, 3.05) is 0 Å². The van der Waals surface area contributed by atoms with E-state index in [0.717, 1.165) is 5.56 Å². The van der Waals surface area contributed by atoms with E-state index in [1.165, 1.54) is 6.07 Å². The predicted molar refractivity (Wildman–Crippen MR) is 75.3 cm³/mol. The van der Waals surface area contributed by atoms with Crippen molar-refractivity contribution >= 4 is 11.6 Å². The molecule has 2 nitrogen and oxygen atoms in total. The van der Waals surface area contributed by atoms with Gasteiger partial charge in [-0.3, -0.25) is 0 Å². The number of hydrogen-bond acceptors (Lipinski definition) is 2. The third-order valence-electron chi connectivity index (χ3n) is 2.60. The molecule has 2 aromatic rings.